The molecule has 94 valence electrons. The van der Waals surface area contributed by atoms with Crippen LogP contribution in [0.4, 0.5) is 0 Å². The van der Waals surface area contributed by atoms with Gasteiger partial charge in [0.05, 0.1) is 13.2 Å². The highest BCUT2D eigenvalue weighted by Crippen LogP contribution is 2.21. The number of hydrogen-bond acceptors (Lipinski definition) is 4. The molecule has 0 spiro atoms. The van der Waals surface area contributed by atoms with Gasteiger partial charge in [-0.3, -0.25) is 4.90 Å². The number of benzene rings is 1. The zero-order valence-corrected chi connectivity index (χ0v) is 10.8. The highest BCUT2D eigenvalue weighted by molar-refractivity contribution is 7.99. The van der Waals surface area contributed by atoms with E-state index in [0.29, 0.717) is 5.75 Å². The van der Waals surface area contributed by atoms with Gasteiger partial charge in [0.15, 0.2) is 0 Å². The number of phenolic OH excluding ortho intramolecular Hbond substituents is 1. The summed E-state index contributed by atoms with van der Waals surface area (Å²) in [4.78, 5) is 3.69. The molecule has 0 atom stereocenters. The second-order valence-corrected chi connectivity index (χ2v) is 5.32. The molecular formula is C13H19NO2S. The number of morpholine rings is 1. The number of nitrogens with zero attached hydrogens (tertiary/aromatic N) is 1. The molecule has 1 fully saturated rings. The van der Waals surface area contributed by atoms with E-state index in [0.717, 1.165) is 38.6 Å². The minimum absolute atomic E-state index is 0.336. The van der Waals surface area contributed by atoms with Crippen molar-refractivity contribution in [1.29, 1.82) is 0 Å². The maximum absolute atomic E-state index is 9.17. The van der Waals surface area contributed by atoms with E-state index < -0.39 is 0 Å². The highest BCUT2D eigenvalue weighted by Gasteiger charge is 2.09. The van der Waals surface area contributed by atoms with Crippen molar-refractivity contribution in [3.63, 3.8) is 0 Å². The molecule has 0 aliphatic carbocycles. The topological polar surface area (TPSA) is 32.7 Å². The normalized spacial score (nSPS) is 17.2. The summed E-state index contributed by atoms with van der Waals surface area (Å²) in [6.07, 6.45) is 1.20. The number of phenols is 1. The Hall–Kier alpha value is -0.710. The lowest BCUT2D eigenvalue weighted by atomic mass is 10.3. The number of thioether (sulfide) groups is 1. The zero-order valence-electron chi connectivity index (χ0n) is 9.97. The van der Waals surface area contributed by atoms with E-state index in [1.165, 1.54) is 11.3 Å². The first-order chi connectivity index (χ1) is 8.34. The third kappa shape index (κ3) is 4.58. The number of aromatic hydroxyl groups is 1. The standard InChI is InChI=1S/C13H19NO2S/c15-12-2-4-13(5-3-12)17-11-1-6-14-7-9-16-10-8-14/h2-5,15H,1,6-11H2. The van der Waals surface area contributed by atoms with Crippen LogP contribution in [-0.2, 0) is 4.74 Å². The molecule has 0 unspecified atom stereocenters. The van der Waals surface area contributed by atoms with E-state index in [9.17, 15) is 5.11 Å². The van der Waals surface area contributed by atoms with Crippen molar-refractivity contribution in [3.05, 3.63) is 24.3 Å². The van der Waals surface area contributed by atoms with Crippen LogP contribution in [0.1, 0.15) is 6.42 Å². The van der Waals surface area contributed by atoms with E-state index in [2.05, 4.69) is 4.90 Å². The van der Waals surface area contributed by atoms with Crippen LogP contribution in [0.2, 0.25) is 0 Å². The number of hydrogen-bond donors (Lipinski definition) is 1. The van der Waals surface area contributed by atoms with Gasteiger partial charge in [0.2, 0.25) is 0 Å². The second-order valence-electron chi connectivity index (χ2n) is 4.15. The fraction of sp³-hybridized carbons (Fsp3) is 0.538. The van der Waals surface area contributed by atoms with Crippen LogP contribution < -0.4 is 0 Å². The average molecular weight is 253 g/mol. The summed E-state index contributed by atoms with van der Waals surface area (Å²) >= 11 is 1.85. The molecule has 4 heteroatoms. The van der Waals surface area contributed by atoms with Gasteiger partial charge in [-0.15, -0.1) is 11.8 Å². The minimum Gasteiger partial charge on any atom is -0.508 e. The van der Waals surface area contributed by atoms with Gasteiger partial charge in [0, 0.05) is 18.0 Å². The zero-order chi connectivity index (χ0) is 11.9. The molecule has 0 radical (unpaired) electrons. The Morgan fingerprint density at radius 1 is 1.18 bits per heavy atom. The lowest BCUT2D eigenvalue weighted by Gasteiger charge is -2.26. The molecule has 0 aromatic heterocycles. The molecule has 17 heavy (non-hydrogen) atoms. The predicted octanol–water partition coefficient (Wildman–Crippen LogP) is 2.21. The first-order valence-electron chi connectivity index (χ1n) is 6.06. The van der Waals surface area contributed by atoms with E-state index in [1.807, 2.05) is 23.9 Å². The Kier molecular flexibility index (Phi) is 5.16. The van der Waals surface area contributed by atoms with Gasteiger partial charge in [-0.1, -0.05) is 0 Å². The predicted molar refractivity (Wildman–Crippen MR) is 70.7 cm³/mol. The fourth-order valence-corrected chi connectivity index (χ4v) is 2.68. The Morgan fingerprint density at radius 3 is 2.59 bits per heavy atom. The van der Waals surface area contributed by atoms with Crippen LogP contribution in [0.5, 0.6) is 5.75 Å². The van der Waals surface area contributed by atoms with Crippen molar-refractivity contribution in [3.8, 4) is 5.75 Å². The summed E-state index contributed by atoms with van der Waals surface area (Å²) < 4.78 is 5.32. The van der Waals surface area contributed by atoms with Crippen molar-refractivity contribution >= 4 is 11.8 Å². The van der Waals surface area contributed by atoms with Crippen LogP contribution >= 0.6 is 11.8 Å². The summed E-state index contributed by atoms with van der Waals surface area (Å²) in [5.74, 6) is 1.46. The molecule has 1 heterocycles. The first-order valence-corrected chi connectivity index (χ1v) is 7.05. The van der Waals surface area contributed by atoms with Crippen LogP contribution in [0, 0.1) is 0 Å². The minimum atomic E-state index is 0.336. The van der Waals surface area contributed by atoms with Gasteiger partial charge in [0.1, 0.15) is 5.75 Å². The SMILES string of the molecule is Oc1ccc(SCCCN2CCOCC2)cc1. The molecular weight excluding hydrogens is 234 g/mol. The van der Waals surface area contributed by atoms with E-state index >= 15 is 0 Å². The van der Waals surface area contributed by atoms with E-state index in [1.54, 1.807) is 12.1 Å². The van der Waals surface area contributed by atoms with Crippen LogP contribution in [0.25, 0.3) is 0 Å². The molecule has 1 aliphatic rings. The van der Waals surface area contributed by atoms with Gasteiger partial charge in [-0.25, -0.2) is 0 Å². The summed E-state index contributed by atoms with van der Waals surface area (Å²) in [6, 6.07) is 7.41. The van der Waals surface area contributed by atoms with Crippen LogP contribution in [0.3, 0.4) is 0 Å². The van der Waals surface area contributed by atoms with Gasteiger partial charge in [0.25, 0.3) is 0 Å². The largest absolute Gasteiger partial charge is 0.508 e. The molecule has 0 saturated carbocycles. The summed E-state index contributed by atoms with van der Waals surface area (Å²) in [7, 11) is 0. The molecule has 1 saturated heterocycles. The quantitative estimate of drug-likeness (QED) is 0.644. The smallest absolute Gasteiger partial charge is 0.115 e. The first kappa shape index (κ1) is 12.7. The van der Waals surface area contributed by atoms with E-state index in [-0.39, 0.29) is 0 Å². The second kappa shape index (κ2) is 6.89. The molecule has 1 aromatic carbocycles. The van der Waals surface area contributed by atoms with Crippen molar-refractivity contribution in [2.24, 2.45) is 0 Å². The summed E-state index contributed by atoms with van der Waals surface area (Å²) in [5.41, 5.74) is 0. The Bertz CT molecular complexity index is 323. The third-order valence-corrected chi connectivity index (χ3v) is 3.93. The lowest BCUT2D eigenvalue weighted by Crippen LogP contribution is -2.36. The van der Waals surface area contributed by atoms with Crippen LogP contribution in [0.15, 0.2) is 29.2 Å². The highest BCUT2D eigenvalue weighted by atomic mass is 32.2. The van der Waals surface area contributed by atoms with Gasteiger partial charge >= 0.3 is 0 Å². The summed E-state index contributed by atoms with van der Waals surface area (Å²) in [6.45, 7) is 5.07. The maximum atomic E-state index is 9.17. The number of ether oxygens (including phenoxy) is 1. The molecule has 3 nitrogen and oxygen atoms in total. The molecule has 0 bridgehead atoms. The van der Waals surface area contributed by atoms with Crippen molar-refractivity contribution in [1.82, 2.24) is 4.90 Å². The monoisotopic (exact) mass is 253 g/mol. The van der Waals surface area contributed by atoms with Crippen molar-refractivity contribution < 1.29 is 9.84 Å². The van der Waals surface area contributed by atoms with E-state index in [4.69, 9.17) is 4.74 Å². The summed E-state index contributed by atoms with van der Waals surface area (Å²) in [5, 5.41) is 9.17. The maximum Gasteiger partial charge on any atom is 0.115 e. The molecule has 0 amide bonds. The lowest BCUT2D eigenvalue weighted by molar-refractivity contribution is 0.0381. The third-order valence-electron chi connectivity index (χ3n) is 2.83. The molecule has 2 rings (SSSR count). The Balaban J connectivity index is 1.60. The Labute approximate surface area is 107 Å². The fourth-order valence-electron chi connectivity index (χ4n) is 1.85. The average Bonchev–Trinajstić information content (AvgIpc) is 2.38. The van der Waals surface area contributed by atoms with Crippen molar-refractivity contribution in [2.75, 3.05) is 38.6 Å². The van der Waals surface area contributed by atoms with Crippen molar-refractivity contribution in [2.45, 2.75) is 11.3 Å². The van der Waals surface area contributed by atoms with Gasteiger partial charge in [-0.2, -0.15) is 0 Å². The van der Waals surface area contributed by atoms with Gasteiger partial charge < -0.3 is 9.84 Å². The van der Waals surface area contributed by atoms with Gasteiger partial charge in [-0.05, 0) is 43.0 Å². The molecule has 1 aliphatic heterocycles. The van der Waals surface area contributed by atoms with Crippen LogP contribution in [-0.4, -0.2) is 48.6 Å². The molecule has 1 N–H and O–H groups in total. The number of rotatable bonds is 5. The molecule has 1 aromatic rings. The Morgan fingerprint density at radius 2 is 1.88 bits per heavy atom.